The Morgan fingerprint density at radius 2 is 2.22 bits per heavy atom. The Kier molecular flexibility index (Phi) is 5.41. The molecule has 6 N–H and O–H groups in total. The Morgan fingerprint density at radius 1 is 1.50 bits per heavy atom. The van der Waals surface area contributed by atoms with Gasteiger partial charge in [-0.25, -0.2) is 0 Å². The highest BCUT2D eigenvalue weighted by Gasteiger charge is 2.08. The highest BCUT2D eigenvalue weighted by Crippen LogP contribution is 2.20. The molecule has 0 radical (unpaired) electrons. The van der Waals surface area contributed by atoms with Crippen molar-refractivity contribution in [1.82, 2.24) is 5.32 Å². The summed E-state index contributed by atoms with van der Waals surface area (Å²) in [5.41, 5.74) is 7.29. The van der Waals surface area contributed by atoms with Crippen molar-refractivity contribution >= 4 is 17.3 Å². The molecule has 6 nitrogen and oxygen atoms in total. The molecule has 1 unspecified atom stereocenters. The lowest BCUT2D eigenvalue weighted by atomic mass is 10.1. The predicted octanol–water partition coefficient (Wildman–Crippen LogP) is -0.216. The summed E-state index contributed by atoms with van der Waals surface area (Å²) in [6.07, 6.45) is -0.863. The highest BCUT2D eigenvalue weighted by atomic mass is 16.3. The van der Waals surface area contributed by atoms with E-state index in [9.17, 15) is 9.90 Å². The van der Waals surface area contributed by atoms with Crippen molar-refractivity contribution < 1.29 is 15.0 Å². The first kappa shape index (κ1) is 14.3. The number of carbonyl (C=O) groups is 1. The minimum Gasteiger partial charge on any atom is -0.397 e. The number of benzene rings is 1. The lowest BCUT2D eigenvalue weighted by molar-refractivity contribution is 0.0956. The van der Waals surface area contributed by atoms with E-state index >= 15 is 0 Å². The van der Waals surface area contributed by atoms with E-state index < -0.39 is 6.10 Å². The molecule has 100 valence electrons. The molecule has 0 aromatic heterocycles. The van der Waals surface area contributed by atoms with Crippen LogP contribution in [0.2, 0.25) is 0 Å². The molecular formula is C12H19N3O3. The number of rotatable bonds is 6. The van der Waals surface area contributed by atoms with Gasteiger partial charge in [0, 0.05) is 18.7 Å². The van der Waals surface area contributed by atoms with E-state index in [4.69, 9.17) is 10.8 Å². The van der Waals surface area contributed by atoms with Crippen molar-refractivity contribution in [2.24, 2.45) is 0 Å². The smallest absolute Gasteiger partial charge is 0.251 e. The molecule has 1 aromatic rings. The molecule has 0 fully saturated rings. The zero-order valence-corrected chi connectivity index (χ0v) is 10.3. The second kappa shape index (κ2) is 6.83. The summed E-state index contributed by atoms with van der Waals surface area (Å²) in [4.78, 5) is 11.6. The summed E-state index contributed by atoms with van der Waals surface area (Å²) in [5.74, 6) is -0.178. The number of nitrogen functional groups attached to an aromatic ring is 1. The Labute approximate surface area is 106 Å². The largest absolute Gasteiger partial charge is 0.397 e. The van der Waals surface area contributed by atoms with Gasteiger partial charge < -0.3 is 26.6 Å². The molecule has 0 aliphatic rings. The molecule has 1 rings (SSSR count). The first-order chi connectivity index (χ1) is 8.58. The van der Waals surface area contributed by atoms with Gasteiger partial charge in [0.25, 0.3) is 5.91 Å². The van der Waals surface area contributed by atoms with Crippen molar-refractivity contribution in [3.63, 3.8) is 0 Å². The molecule has 18 heavy (non-hydrogen) atoms. The number of anilines is 2. The maximum Gasteiger partial charge on any atom is 0.251 e. The molecule has 1 aromatic carbocycles. The van der Waals surface area contributed by atoms with E-state index in [0.717, 1.165) is 0 Å². The maximum absolute atomic E-state index is 11.6. The van der Waals surface area contributed by atoms with Crippen LogP contribution in [-0.2, 0) is 0 Å². The monoisotopic (exact) mass is 253 g/mol. The predicted molar refractivity (Wildman–Crippen MR) is 70.4 cm³/mol. The lowest BCUT2D eigenvalue weighted by Gasteiger charge is -2.13. The lowest BCUT2D eigenvalue weighted by Crippen LogP contribution is -2.24. The third-order valence-electron chi connectivity index (χ3n) is 2.39. The fourth-order valence-corrected chi connectivity index (χ4v) is 1.41. The minimum absolute atomic E-state index is 0.166. The van der Waals surface area contributed by atoms with E-state index in [1.165, 1.54) is 0 Å². The second-order valence-electron chi connectivity index (χ2n) is 3.88. The maximum atomic E-state index is 11.6. The summed E-state index contributed by atoms with van der Waals surface area (Å²) >= 11 is 0. The number of nitrogens with two attached hydrogens (primary N) is 1. The standard InChI is InChI=1S/C12H19N3O3/c1-2-14-12(18)8-3-4-10(13)11(5-8)15-6-9(17)7-16/h3-5,9,15-17H,2,6-7,13H2,1H3,(H,14,18). The van der Waals surface area contributed by atoms with Gasteiger partial charge in [0.15, 0.2) is 0 Å². The number of aliphatic hydroxyl groups excluding tert-OH is 2. The number of hydrogen-bond donors (Lipinski definition) is 5. The van der Waals surface area contributed by atoms with E-state index in [0.29, 0.717) is 23.5 Å². The Morgan fingerprint density at radius 3 is 2.83 bits per heavy atom. The first-order valence-electron chi connectivity index (χ1n) is 5.79. The number of nitrogens with one attached hydrogen (secondary N) is 2. The van der Waals surface area contributed by atoms with Crippen molar-refractivity contribution in [1.29, 1.82) is 0 Å². The van der Waals surface area contributed by atoms with E-state index in [-0.39, 0.29) is 19.1 Å². The van der Waals surface area contributed by atoms with Crippen LogP contribution in [0.4, 0.5) is 11.4 Å². The molecule has 1 atom stereocenters. The molecule has 0 spiro atoms. The van der Waals surface area contributed by atoms with Crippen LogP contribution in [0.5, 0.6) is 0 Å². The Bertz CT molecular complexity index is 410. The average Bonchev–Trinajstić information content (AvgIpc) is 2.37. The van der Waals surface area contributed by atoms with Crippen LogP contribution in [0.3, 0.4) is 0 Å². The third-order valence-corrected chi connectivity index (χ3v) is 2.39. The molecule has 0 aliphatic heterocycles. The normalized spacial score (nSPS) is 11.9. The second-order valence-corrected chi connectivity index (χ2v) is 3.88. The Hall–Kier alpha value is -1.79. The van der Waals surface area contributed by atoms with Gasteiger partial charge in [0.2, 0.25) is 0 Å². The SMILES string of the molecule is CCNC(=O)c1ccc(N)c(NCC(O)CO)c1. The van der Waals surface area contributed by atoms with Crippen LogP contribution in [0.25, 0.3) is 0 Å². The molecular weight excluding hydrogens is 234 g/mol. The zero-order chi connectivity index (χ0) is 13.5. The van der Waals surface area contributed by atoms with Crippen LogP contribution < -0.4 is 16.4 Å². The van der Waals surface area contributed by atoms with Crippen molar-refractivity contribution in [2.45, 2.75) is 13.0 Å². The summed E-state index contributed by atoms with van der Waals surface area (Å²) in [7, 11) is 0. The fraction of sp³-hybridized carbons (Fsp3) is 0.417. The minimum atomic E-state index is -0.863. The third kappa shape index (κ3) is 3.90. The molecule has 6 heteroatoms. The van der Waals surface area contributed by atoms with Crippen LogP contribution in [-0.4, -0.2) is 41.9 Å². The van der Waals surface area contributed by atoms with Crippen LogP contribution in [0, 0.1) is 0 Å². The van der Waals surface area contributed by atoms with Crippen LogP contribution in [0.1, 0.15) is 17.3 Å². The summed E-state index contributed by atoms with van der Waals surface area (Å²) in [5, 5.41) is 23.5. The molecule has 0 saturated heterocycles. The van der Waals surface area contributed by atoms with Gasteiger partial charge in [-0.1, -0.05) is 0 Å². The van der Waals surface area contributed by atoms with Gasteiger partial charge in [-0.15, -0.1) is 0 Å². The van der Waals surface area contributed by atoms with Gasteiger partial charge in [-0.2, -0.15) is 0 Å². The highest BCUT2D eigenvalue weighted by molar-refractivity contribution is 5.96. The van der Waals surface area contributed by atoms with Gasteiger partial charge in [-0.05, 0) is 25.1 Å². The number of carbonyl (C=O) groups excluding carboxylic acids is 1. The quantitative estimate of drug-likeness (QED) is 0.451. The Balaban J connectivity index is 2.78. The van der Waals surface area contributed by atoms with Crippen molar-refractivity contribution in [3.05, 3.63) is 23.8 Å². The number of amides is 1. The first-order valence-corrected chi connectivity index (χ1v) is 5.79. The molecule has 1 amide bonds. The average molecular weight is 253 g/mol. The molecule has 0 saturated carbocycles. The molecule has 0 aliphatic carbocycles. The van der Waals surface area contributed by atoms with Gasteiger partial charge in [-0.3, -0.25) is 4.79 Å². The number of hydrogen-bond acceptors (Lipinski definition) is 5. The van der Waals surface area contributed by atoms with Gasteiger partial charge in [0.05, 0.1) is 24.1 Å². The van der Waals surface area contributed by atoms with Crippen LogP contribution >= 0.6 is 0 Å². The molecule has 0 heterocycles. The van der Waals surface area contributed by atoms with E-state index in [1.807, 2.05) is 6.92 Å². The van der Waals surface area contributed by atoms with Crippen LogP contribution in [0.15, 0.2) is 18.2 Å². The van der Waals surface area contributed by atoms with E-state index in [2.05, 4.69) is 10.6 Å². The molecule has 0 bridgehead atoms. The van der Waals surface area contributed by atoms with Crippen molar-refractivity contribution in [2.75, 3.05) is 30.7 Å². The summed E-state index contributed by atoms with van der Waals surface area (Å²) in [6.45, 7) is 2.23. The van der Waals surface area contributed by atoms with Crippen molar-refractivity contribution in [3.8, 4) is 0 Å². The topological polar surface area (TPSA) is 108 Å². The summed E-state index contributed by atoms with van der Waals surface area (Å²) in [6, 6.07) is 4.87. The van der Waals surface area contributed by atoms with Gasteiger partial charge in [0.1, 0.15) is 0 Å². The van der Waals surface area contributed by atoms with Gasteiger partial charge >= 0.3 is 0 Å². The zero-order valence-electron chi connectivity index (χ0n) is 10.3. The fourth-order valence-electron chi connectivity index (χ4n) is 1.41. The van der Waals surface area contributed by atoms with E-state index in [1.54, 1.807) is 18.2 Å². The summed E-state index contributed by atoms with van der Waals surface area (Å²) < 4.78 is 0. The number of aliphatic hydroxyl groups is 2.